The minimum atomic E-state index is -3.43. The van der Waals surface area contributed by atoms with Crippen LogP contribution in [0.2, 0.25) is 5.02 Å². The van der Waals surface area contributed by atoms with E-state index < -0.39 is 10.0 Å². The Hall–Kier alpha value is -2.82. The number of tetrazole rings is 1. The van der Waals surface area contributed by atoms with Crippen LogP contribution >= 0.6 is 11.6 Å². The number of benzene rings is 2. The van der Waals surface area contributed by atoms with Crippen molar-refractivity contribution in [3.8, 4) is 11.4 Å². The summed E-state index contributed by atoms with van der Waals surface area (Å²) in [5.41, 5.74) is 1.50. The maximum Gasteiger partial charge on any atom is 0.246 e. The first-order valence-electron chi connectivity index (χ1n) is 9.74. The number of hydrogen-bond donors (Lipinski definition) is 0. The fourth-order valence-corrected chi connectivity index (χ4v) is 4.98. The molecule has 1 amide bonds. The molecule has 1 aliphatic heterocycles. The Kier molecular flexibility index (Phi) is 6.30. The molecule has 9 nitrogen and oxygen atoms in total. The van der Waals surface area contributed by atoms with Crippen LogP contribution in [0.3, 0.4) is 0 Å². The van der Waals surface area contributed by atoms with Gasteiger partial charge >= 0.3 is 0 Å². The molecule has 0 spiro atoms. The molecule has 11 heteroatoms. The molecule has 0 N–H and O–H groups in total. The van der Waals surface area contributed by atoms with Gasteiger partial charge in [0.25, 0.3) is 0 Å². The molecule has 2 aromatic carbocycles. The summed E-state index contributed by atoms with van der Waals surface area (Å²) in [5.74, 6) is 0.180. The second kappa shape index (κ2) is 9.13. The third kappa shape index (κ3) is 5.27. The Labute approximate surface area is 185 Å². The molecule has 31 heavy (non-hydrogen) atoms. The molecule has 162 valence electrons. The van der Waals surface area contributed by atoms with Crippen molar-refractivity contribution in [2.45, 2.75) is 12.3 Å². The van der Waals surface area contributed by atoms with Gasteiger partial charge in [-0.2, -0.15) is 9.10 Å². The van der Waals surface area contributed by atoms with E-state index in [-0.39, 0.29) is 31.3 Å². The molecule has 0 saturated carbocycles. The summed E-state index contributed by atoms with van der Waals surface area (Å²) >= 11 is 5.89. The van der Waals surface area contributed by atoms with Crippen LogP contribution in [0.15, 0.2) is 54.6 Å². The van der Waals surface area contributed by atoms with Gasteiger partial charge in [0, 0.05) is 36.8 Å². The highest BCUT2D eigenvalue weighted by molar-refractivity contribution is 7.88. The molecule has 3 aromatic rings. The number of amides is 1. The van der Waals surface area contributed by atoms with E-state index in [4.69, 9.17) is 11.6 Å². The molecule has 0 radical (unpaired) electrons. The normalized spacial score (nSPS) is 15.2. The van der Waals surface area contributed by atoms with E-state index in [0.717, 1.165) is 11.1 Å². The predicted octanol–water partition coefficient (Wildman–Crippen LogP) is 1.67. The zero-order valence-corrected chi connectivity index (χ0v) is 18.2. The topological polar surface area (TPSA) is 101 Å². The van der Waals surface area contributed by atoms with E-state index in [9.17, 15) is 13.2 Å². The van der Waals surface area contributed by atoms with E-state index in [1.54, 1.807) is 41.3 Å². The standard InChI is InChI=1S/C20H21ClN6O3S/c21-18-8-6-17(7-9-18)20-22-24-27(23-20)14-19(28)25-10-12-26(13-11-25)31(29,30)15-16-4-2-1-3-5-16/h1-9H,10-15H2. The number of carbonyl (C=O) groups is 1. The van der Waals surface area contributed by atoms with Crippen molar-refractivity contribution < 1.29 is 13.2 Å². The van der Waals surface area contributed by atoms with Crippen LogP contribution in [0.4, 0.5) is 0 Å². The third-order valence-electron chi connectivity index (χ3n) is 5.01. The Bertz CT molecular complexity index is 1140. The maximum absolute atomic E-state index is 12.7. The van der Waals surface area contributed by atoms with E-state index in [0.29, 0.717) is 23.9 Å². The van der Waals surface area contributed by atoms with Crippen molar-refractivity contribution in [1.29, 1.82) is 0 Å². The number of carbonyl (C=O) groups excluding carboxylic acids is 1. The van der Waals surface area contributed by atoms with Crippen LogP contribution < -0.4 is 0 Å². The highest BCUT2D eigenvalue weighted by Gasteiger charge is 2.29. The van der Waals surface area contributed by atoms with Gasteiger partial charge in [-0.05, 0) is 35.0 Å². The van der Waals surface area contributed by atoms with Gasteiger partial charge in [0.15, 0.2) is 0 Å². The minimum Gasteiger partial charge on any atom is -0.338 e. The molecule has 4 rings (SSSR count). The van der Waals surface area contributed by atoms with E-state index in [2.05, 4.69) is 15.4 Å². The lowest BCUT2D eigenvalue weighted by Gasteiger charge is -2.33. The largest absolute Gasteiger partial charge is 0.338 e. The smallest absolute Gasteiger partial charge is 0.246 e. The van der Waals surface area contributed by atoms with E-state index in [1.165, 1.54) is 9.10 Å². The number of sulfonamides is 1. The fraction of sp³-hybridized carbons (Fsp3) is 0.300. The second-order valence-electron chi connectivity index (χ2n) is 7.17. The van der Waals surface area contributed by atoms with E-state index >= 15 is 0 Å². The average molecular weight is 461 g/mol. The summed E-state index contributed by atoms with van der Waals surface area (Å²) in [7, 11) is -3.43. The summed E-state index contributed by atoms with van der Waals surface area (Å²) < 4.78 is 26.8. The Morgan fingerprint density at radius 3 is 2.32 bits per heavy atom. The first-order chi connectivity index (χ1) is 14.9. The summed E-state index contributed by atoms with van der Waals surface area (Å²) in [6.45, 7) is 1.12. The highest BCUT2D eigenvalue weighted by Crippen LogP contribution is 2.17. The minimum absolute atomic E-state index is 0.0435. The quantitative estimate of drug-likeness (QED) is 0.554. The summed E-state index contributed by atoms with van der Waals surface area (Å²) in [6.07, 6.45) is 0. The van der Waals surface area contributed by atoms with Crippen LogP contribution in [-0.4, -0.2) is 69.9 Å². The molecule has 0 bridgehead atoms. The van der Waals surface area contributed by atoms with Crippen LogP contribution in [0, 0.1) is 0 Å². The Morgan fingerprint density at radius 2 is 1.65 bits per heavy atom. The summed E-state index contributed by atoms with van der Waals surface area (Å²) in [5, 5.41) is 12.8. The van der Waals surface area contributed by atoms with Crippen molar-refractivity contribution >= 4 is 27.5 Å². The molecule has 1 aromatic heterocycles. The van der Waals surface area contributed by atoms with Crippen LogP contribution in [0.5, 0.6) is 0 Å². The molecular formula is C20H21ClN6O3S. The molecule has 0 atom stereocenters. The Balaban J connectivity index is 1.32. The van der Waals surface area contributed by atoms with Gasteiger partial charge in [-0.25, -0.2) is 8.42 Å². The zero-order valence-electron chi connectivity index (χ0n) is 16.6. The molecule has 1 aliphatic rings. The Morgan fingerprint density at radius 1 is 0.968 bits per heavy atom. The number of nitrogens with zero attached hydrogens (tertiary/aromatic N) is 6. The maximum atomic E-state index is 12.7. The third-order valence-corrected chi connectivity index (χ3v) is 7.11. The molecule has 1 fully saturated rings. The number of piperazine rings is 1. The van der Waals surface area contributed by atoms with Crippen molar-refractivity contribution in [2.24, 2.45) is 0 Å². The van der Waals surface area contributed by atoms with Gasteiger partial charge in [0.1, 0.15) is 6.54 Å². The summed E-state index contributed by atoms with van der Waals surface area (Å²) in [4.78, 5) is 15.5. The van der Waals surface area contributed by atoms with Gasteiger partial charge in [-0.1, -0.05) is 41.9 Å². The lowest BCUT2D eigenvalue weighted by Crippen LogP contribution is -2.51. The molecule has 0 aliphatic carbocycles. The first-order valence-corrected chi connectivity index (χ1v) is 11.7. The van der Waals surface area contributed by atoms with Gasteiger partial charge in [0.05, 0.1) is 5.75 Å². The second-order valence-corrected chi connectivity index (χ2v) is 9.58. The molecule has 2 heterocycles. The fourth-order valence-electron chi connectivity index (χ4n) is 3.34. The lowest BCUT2D eigenvalue weighted by molar-refractivity contribution is -0.133. The van der Waals surface area contributed by atoms with Crippen LogP contribution in [-0.2, 0) is 27.1 Å². The van der Waals surface area contributed by atoms with Crippen molar-refractivity contribution in [3.63, 3.8) is 0 Å². The predicted molar refractivity (Wildman–Crippen MR) is 115 cm³/mol. The highest BCUT2D eigenvalue weighted by atomic mass is 35.5. The number of aromatic nitrogens is 4. The van der Waals surface area contributed by atoms with Crippen LogP contribution in [0.25, 0.3) is 11.4 Å². The molecule has 1 saturated heterocycles. The van der Waals surface area contributed by atoms with E-state index in [1.807, 2.05) is 18.2 Å². The van der Waals surface area contributed by atoms with Crippen molar-refractivity contribution in [2.75, 3.05) is 26.2 Å². The number of hydrogen-bond acceptors (Lipinski definition) is 6. The zero-order chi connectivity index (χ0) is 21.8. The molecule has 0 unspecified atom stereocenters. The SMILES string of the molecule is O=C(Cn1nnc(-c2ccc(Cl)cc2)n1)N1CCN(S(=O)(=O)Cc2ccccc2)CC1. The molecular weight excluding hydrogens is 440 g/mol. The van der Waals surface area contributed by atoms with Crippen LogP contribution in [0.1, 0.15) is 5.56 Å². The van der Waals surface area contributed by atoms with Gasteiger partial charge < -0.3 is 4.90 Å². The van der Waals surface area contributed by atoms with Gasteiger partial charge in [-0.15, -0.1) is 10.2 Å². The lowest BCUT2D eigenvalue weighted by atomic mass is 10.2. The van der Waals surface area contributed by atoms with Crippen molar-refractivity contribution in [1.82, 2.24) is 29.4 Å². The van der Waals surface area contributed by atoms with Gasteiger partial charge in [-0.3, -0.25) is 4.79 Å². The van der Waals surface area contributed by atoms with Crippen molar-refractivity contribution in [3.05, 3.63) is 65.2 Å². The number of halogens is 1. The summed E-state index contributed by atoms with van der Waals surface area (Å²) in [6, 6.07) is 16.1. The van der Waals surface area contributed by atoms with Gasteiger partial charge in [0.2, 0.25) is 21.8 Å². The monoisotopic (exact) mass is 460 g/mol. The average Bonchev–Trinajstić information content (AvgIpc) is 3.23. The first kappa shape index (κ1) is 21.4. The number of rotatable bonds is 6.